The van der Waals surface area contributed by atoms with Crippen LogP contribution in [0.5, 0.6) is 0 Å². The van der Waals surface area contributed by atoms with Crippen LogP contribution in [0.2, 0.25) is 0 Å². The number of hydrogen-bond acceptors (Lipinski definition) is 2. The van der Waals surface area contributed by atoms with Crippen LogP contribution in [0.3, 0.4) is 0 Å². The highest BCUT2D eigenvalue weighted by Crippen LogP contribution is 2.22. The van der Waals surface area contributed by atoms with E-state index in [1.54, 1.807) is 0 Å². The molecule has 0 atom stereocenters. The lowest BCUT2D eigenvalue weighted by molar-refractivity contribution is 0.397. The molecular weight excluding hydrogens is 227 g/mol. The largest absolute Gasteiger partial charge is 0.224 e. The Morgan fingerprint density at radius 3 is 2.06 bits per heavy atom. The molecule has 0 N–H and O–H groups in total. The van der Waals surface area contributed by atoms with Crippen LogP contribution in [0.1, 0.15) is 27.2 Å². The summed E-state index contributed by atoms with van der Waals surface area (Å²) in [5.74, 6) is -0.322. The topological polar surface area (TPSA) is 34.1 Å². The Bertz CT molecular complexity index is 441. The first-order valence-corrected chi connectivity index (χ1v) is 6.84. The molecule has 0 aromatic heterocycles. The van der Waals surface area contributed by atoms with E-state index in [0.29, 0.717) is 6.42 Å². The Labute approximate surface area is 96.4 Å². The van der Waals surface area contributed by atoms with Crippen LogP contribution in [0.25, 0.3) is 0 Å². The highest BCUT2D eigenvalue weighted by atomic mass is 32.2. The molecule has 0 fully saturated rings. The molecule has 0 spiro atoms. The second kappa shape index (κ2) is 4.53. The zero-order valence-electron chi connectivity index (χ0n) is 9.83. The van der Waals surface area contributed by atoms with E-state index in [4.69, 9.17) is 0 Å². The van der Waals surface area contributed by atoms with Crippen molar-refractivity contribution >= 4 is 9.84 Å². The maximum absolute atomic E-state index is 12.7. The van der Waals surface area contributed by atoms with Gasteiger partial charge in [-0.05, 0) is 36.1 Å². The van der Waals surface area contributed by atoms with Gasteiger partial charge in [-0.25, -0.2) is 12.8 Å². The van der Waals surface area contributed by atoms with Crippen molar-refractivity contribution in [3.8, 4) is 0 Å². The summed E-state index contributed by atoms with van der Waals surface area (Å²) in [5, 5.41) is 0. The monoisotopic (exact) mass is 244 g/mol. The van der Waals surface area contributed by atoms with Crippen molar-refractivity contribution in [3.63, 3.8) is 0 Å². The fraction of sp³-hybridized carbons (Fsp3) is 0.500. The third-order valence-corrected chi connectivity index (χ3v) is 4.03. The molecule has 0 aliphatic rings. The van der Waals surface area contributed by atoms with Crippen LogP contribution < -0.4 is 0 Å². The summed E-state index contributed by atoms with van der Waals surface area (Å²) in [6, 6.07) is 4.97. The van der Waals surface area contributed by atoms with Crippen LogP contribution in [0.4, 0.5) is 4.39 Å². The first-order valence-electron chi connectivity index (χ1n) is 5.19. The Morgan fingerprint density at radius 1 is 1.12 bits per heavy atom. The molecule has 4 heteroatoms. The third-order valence-electron chi connectivity index (χ3n) is 2.29. The molecule has 2 nitrogen and oxygen atoms in total. The average Bonchev–Trinajstić information content (AvgIpc) is 2.15. The molecule has 0 aliphatic carbocycles. The Balaban J connectivity index is 2.83. The van der Waals surface area contributed by atoms with Gasteiger partial charge >= 0.3 is 0 Å². The average molecular weight is 244 g/mol. The van der Waals surface area contributed by atoms with Crippen molar-refractivity contribution in [2.45, 2.75) is 32.1 Å². The Hall–Kier alpha value is -0.900. The number of sulfone groups is 1. The molecule has 1 rings (SSSR count). The minimum atomic E-state index is -3.28. The summed E-state index contributed by atoms with van der Waals surface area (Å²) >= 11 is 0. The molecular formula is C12H17FO2S. The van der Waals surface area contributed by atoms with Crippen LogP contribution in [0, 0.1) is 11.2 Å². The van der Waals surface area contributed by atoms with E-state index in [9.17, 15) is 12.8 Å². The minimum Gasteiger partial charge on any atom is -0.224 e. The van der Waals surface area contributed by atoms with Crippen LogP contribution in [0.15, 0.2) is 29.2 Å². The quantitative estimate of drug-likeness (QED) is 0.766. The van der Waals surface area contributed by atoms with Gasteiger partial charge < -0.3 is 0 Å². The number of halogens is 1. The summed E-state index contributed by atoms with van der Waals surface area (Å²) in [4.78, 5) is 0.193. The fourth-order valence-corrected chi connectivity index (χ4v) is 2.87. The first-order chi connectivity index (χ1) is 7.21. The summed E-state index contributed by atoms with van der Waals surface area (Å²) in [7, 11) is -3.28. The smallest absolute Gasteiger partial charge is 0.178 e. The molecule has 0 heterocycles. The summed E-state index contributed by atoms with van der Waals surface area (Å²) in [6.45, 7) is 5.98. The fourth-order valence-electron chi connectivity index (χ4n) is 1.20. The highest BCUT2D eigenvalue weighted by molar-refractivity contribution is 7.91. The third kappa shape index (κ3) is 3.93. The van der Waals surface area contributed by atoms with Gasteiger partial charge in [-0.3, -0.25) is 0 Å². The number of hydrogen-bond donors (Lipinski definition) is 0. The number of rotatable bonds is 3. The van der Waals surface area contributed by atoms with Gasteiger partial charge in [-0.2, -0.15) is 0 Å². The molecule has 16 heavy (non-hydrogen) atoms. The molecule has 1 aromatic rings. The van der Waals surface area contributed by atoms with Gasteiger partial charge in [0.1, 0.15) is 5.82 Å². The van der Waals surface area contributed by atoms with E-state index in [-0.39, 0.29) is 16.1 Å². The zero-order chi connectivity index (χ0) is 12.4. The van der Waals surface area contributed by atoms with Crippen molar-refractivity contribution < 1.29 is 12.8 Å². The van der Waals surface area contributed by atoms with Crippen molar-refractivity contribution in [1.29, 1.82) is 0 Å². The van der Waals surface area contributed by atoms with Gasteiger partial charge in [0.05, 0.1) is 10.6 Å². The van der Waals surface area contributed by atoms with Gasteiger partial charge in [0.15, 0.2) is 9.84 Å². The van der Waals surface area contributed by atoms with Gasteiger partial charge in [0.2, 0.25) is 0 Å². The van der Waals surface area contributed by atoms with Crippen molar-refractivity contribution in [2.75, 3.05) is 5.75 Å². The maximum Gasteiger partial charge on any atom is 0.178 e. The van der Waals surface area contributed by atoms with Gasteiger partial charge in [-0.15, -0.1) is 0 Å². The lowest BCUT2D eigenvalue weighted by Gasteiger charge is -2.17. The van der Waals surface area contributed by atoms with E-state index in [2.05, 4.69) is 0 Å². The predicted octanol–water partition coefficient (Wildman–Crippen LogP) is 3.04. The lowest BCUT2D eigenvalue weighted by atomic mass is 9.94. The zero-order valence-corrected chi connectivity index (χ0v) is 10.6. The molecule has 0 bridgehead atoms. The van der Waals surface area contributed by atoms with Crippen molar-refractivity contribution in [1.82, 2.24) is 0 Å². The standard InChI is InChI=1S/C12H17FO2S/c1-12(2,3)8-9-16(14,15)11-6-4-10(13)5-7-11/h4-7H,8-9H2,1-3H3. The van der Waals surface area contributed by atoms with Crippen LogP contribution in [-0.2, 0) is 9.84 Å². The van der Waals surface area contributed by atoms with Crippen LogP contribution >= 0.6 is 0 Å². The summed E-state index contributed by atoms with van der Waals surface area (Å²) in [5.41, 5.74) is -0.0207. The predicted molar refractivity (Wildman–Crippen MR) is 62.5 cm³/mol. The maximum atomic E-state index is 12.7. The highest BCUT2D eigenvalue weighted by Gasteiger charge is 2.19. The lowest BCUT2D eigenvalue weighted by Crippen LogP contribution is -2.14. The molecule has 0 amide bonds. The van der Waals surface area contributed by atoms with E-state index >= 15 is 0 Å². The molecule has 0 unspecified atom stereocenters. The molecule has 0 saturated carbocycles. The Kier molecular flexibility index (Phi) is 3.73. The molecule has 0 saturated heterocycles. The van der Waals surface area contributed by atoms with Gasteiger partial charge in [0.25, 0.3) is 0 Å². The second-order valence-electron chi connectivity index (χ2n) is 5.08. The number of benzene rings is 1. The van der Waals surface area contributed by atoms with E-state index in [1.807, 2.05) is 20.8 Å². The summed E-state index contributed by atoms with van der Waals surface area (Å²) < 4.78 is 36.4. The van der Waals surface area contributed by atoms with Gasteiger partial charge in [-0.1, -0.05) is 20.8 Å². The Morgan fingerprint density at radius 2 is 1.62 bits per heavy atom. The molecule has 90 valence electrons. The van der Waals surface area contributed by atoms with E-state index < -0.39 is 15.7 Å². The second-order valence-corrected chi connectivity index (χ2v) is 7.19. The van der Waals surface area contributed by atoms with E-state index in [0.717, 1.165) is 0 Å². The molecule has 1 aromatic carbocycles. The molecule has 0 aliphatic heterocycles. The SMILES string of the molecule is CC(C)(C)CCS(=O)(=O)c1ccc(F)cc1. The van der Waals surface area contributed by atoms with Crippen molar-refractivity contribution in [3.05, 3.63) is 30.1 Å². The van der Waals surface area contributed by atoms with E-state index in [1.165, 1.54) is 24.3 Å². The van der Waals surface area contributed by atoms with Crippen LogP contribution in [-0.4, -0.2) is 14.2 Å². The summed E-state index contributed by atoms with van der Waals surface area (Å²) in [6.07, 6.45) is 0.590. The van der Waals surface area contributed by atoms with Gasteiger partial charge in [0, 0.05) is 0 Å². The van der Waals surface area contributed by atoms with Crippen molar-refractivity contribution in [2.24, 2.45) is 5.41 Å². The molecule has 0 radical (unpaired) electrons. The normalized spacial score (nSPS) is 12.8. The minimum absolute atomic E-state index is 0.0207. The first kappa shape index (κ1) is 13.2.